The minimum absolute atomic E-state index is 0.239. The monoisotopic (exact) mass is 362 g/mol. The van der Waals surface area contributed by atoms with Crippen LogP contribution in [0, 0.1) is 11.3 Å². The number of amides is 1. The van der Waals surface area contributed by atoms with Crippen LogP contribution < -0.4 is 5.32 Å². The zero-order valence-electron chi connectivity index (χ0n) is 13.3. The molecule has 5 nitrogen and oxygen atoms in total. The molecule has 0 heterocycles. The standard InChI is InChI=1S/C18H13F3N2O3/c19-18(20,21)14-3-1-2-13(10-14)17(25)26-11-16(24)23-15-6-4-12(5-7-15)8-9-22/h1-7,10H,8,11H2,(H,23,24). The van der Waals surface area contributed by atoms with Crippen LogP contribution in [0.25, 0.3) is 0 Å². The summed E-state index contributed by atoms with van der Waals surface area (Å²) >= 11 is 0. The van der Waals surface area contributed by atoms with Gasteiger partial charge in [0.05, 0.1) is 23.6 Å². The summed E-state index contributed by atoms with van der Waals surface area (Å²) in [6, 6.07) is 12.2. The van der Waals surface area contributed by atoms with Crippen molar-refractivity contribution in [3.8, 4) is 6.07 Å². The van der Waals surface area contributed by atoms with E-state index in [0.717, 1.165) is 17.7 Å². The maximum absolute atomic E-state index is 12.6. The fraction of sp³-hybridized carbons (Fsp3) is 0.167. The van der Waals surface area contributed by atoms with Gasteiger partial charge in [0, 0.05) is 5.69 Å². The summed E-state index contributed by atoms with van der Waals surface area (Å²) in [6.07, 6.45) is -4.34. The van der Waals surface area contributed by atoms with Crippen LogP contribution in [0.4, 0.5) is 18.9 Å². The Morgan fingerprint density at radius 3 is 2.42 bits per heavy atom. The van der Waals surface area contributed by atoms with Crippen molar-refractivity contribution in [2.24, 2.45) is 0 Å². The van der Waals surface area contributed by atoms with E-state index in [1.165, 1.54) is 6.07 Å². The van der Waals surface area contributed by atoms with Gasteiger partial charge in [0.2, 0.25) is 0 Å². The van der Waals surface area contributed by atoms with Crippen LogP contribution in [0.5, 0.6) is 0 Å². The van der Waals surface area contributed by atoms with Crippen molar-refractivity contribution in [1.29, 1.82) is 5.26 Å². The SMILES string of the molecule is N#CCc1ccc(NC(=O)COC(=O)c2cccc(C(F)(F)F)c2)cc1. The van der Waals surface area contributed by atoms with Gasteiger partial charge in [-0.2, -0.15) is 18.4 Å². The van der Waals surface area contributed by atoms with E-state index in [1.54, 1.807) is 24.3 Å². The fourth-order valence-electron chi connectivity index (χ4n) is 2.03. The van der Waals surface area contributed by atoms with Crippen LogP contribution in [-0.2, 0) is 22.1 Å². The van der Waals surface area contributed by atoms with E-state index in [4.69, 9.17) is 10.00 Å². The Balaban J connectivity index is 1.91. The molecule has 26 heavy (non-hydrogen) atoms. The molecule has 0 saturated carbocycles. The Morgan fingerprint density at radius 1 is 1.12 bits per heavy atom. The van der Waals surface area contributed by atoms with Crippen molar-refractivity contribution in [3.05, 3.63) is 65.2 Å². The first-order chi connectivity index (χ1) is 12.3. The molecule has 1 amide bonds. The van der Waals surface area contributed by atoms with Gasteiger partial charge in [0.1, 0.15) is 0 Å². The first kappa shape index (κ1) is 19.0. The number of hydrogen-bond donors (Lipinski definition) is 1. The minimum Gasteiger partial charge on any atom is -0.452 e. The lowest BCUT2D eigenvalue weighted by atomic mass is 10.1. The van der Waals surface area contributed by atoms with E-state index in [1.807, 2.05) is 6.07 Å². The van der Waals surface area contributed by atoms with E-state index >= 15 is 0 Å². The molecular formula is C18H13F3N2O3. The summed E-state index contributed by atoms with van der Waals surface area (Å²) in [7, 11) is 0. The second kappa shape index (κ2) is 8.16. The summed E-state index contributed by atoms with van der Waals surface area (Å²) in [5.74, 6) is -1.67. The van der Waals surface area contributed by atoms with Gasteiger partial charge in [0.15, 0.2) is 6.61 Å². The number of nitrogens with zero attached hydrogens (tertiary/aromatic N) is 1. The van der Waals surface area contributed by atoms with Gasteiger partial charge >= 0.3 is 12.1 Å². The number of benzene rings is 2. The number of carbonyl (C=O) groups is 2. The molecule has 2 aromatic rings. The smallest absolute Gasteiger partial charge is 0.416 e. The minimum atomic E-state index is -4.58. The van der Waals surface area contributed by atoms with Crippen molar-refractivity contribution in [3.63, 3.8) is 0 Å². The van der Waals surface area contributed by atoms with E-state index < -0.39 is 30.2 Å². The van der Waals surface area contributed by atoms with E-state index in [2.05, 4.69) is 5.32 Å². The van der Waals surface area contributed by atoms with Crippen molar-refractivity contribution < 1.29 is 27.5 Å². The normalized spacial score (nSPS) is 10.7. The Labute approximate surface area is 147 Å². The number of alkyl halides is 3. The van der Waals surface area contributed by atoms with E-state index in [9.17, 15) is 22.8 Å². The highest BCUT2D eigenvalue weighted by Crippen LogP contribution is 2.29. The molecule has 0 spiro atoms. The van der Waals surface area contributed by atoms with Crippen LogP contribution in [0.1, 0.15) is 21.5 Å². The van der Waals surface area contributed by atoms with Gasteiger partial charge in [-0.3, -0.25) is 4.79 Å². The van der Waals surface area contributed by atoms with Gasteiger partial charge in [-0.15, -0.1) is 0 Å². The summed E-state index contributed by atoms with van der Waals surface area (Å²) in [5.41, 5.74) is -0.0596. The largest absolute Gasteiger partial charge is 0.452 e. The molecule has 134 valence electrons. The van der Waals surface area contributed by atoms with Crippen LogP contribution >= 0.6 is 0 Å². The second-order valence-corrected chi connectivity index (χ2v) is 5.23. The van der Waals surface area contributed by atoms with Crippen molar-refractivity contribution in [2.75, 3.05) is 11.9 Å². The third kappa shape index (κ3) is 5.34. The molecule has 0 unspecified atom stereocenters. The number of ether oxygens (including phenoxy) is 1. The van der Waals surface area contributed by atoms with Gasteiger partial charge in [0.25, 0.3) is 5.91 Å². The number of nitriles is 1. The van der Waals surface area contributed by atoms with E-state index in [-0.39, 0.29) is 12.0 Å². The number of hydrogen-bond acceptors (Lipinski definition) is 4. The lowest BCUT2D eigenvalue weighted by molar-refractivity contribution is -0.137. The molecule has 0 aliphatic rings. The molecule has 0 radical (unpaired) electrons. The first-order valence-electron chi connectivity index (χ1n) is 7.39. The lowest BCUT2D eigenvalue weighted by Crippen LogP contribution is -2.21. The third-order valence-corrected chi connectivity index (χ3v) is 3.28. The molecule has 0 aliphatic heterocycles. The maximum atomic E-state index is 12.6. The Hall–Kier alpha value is -3.34. The summed E-state index contributed by atoms with van der Waals surface area (Å²) < 4.78 is 42.6. The van der Waals surface area contributed by atoms with E-state index in [0.29, 0.717) is 11.8 Å². The summed E-state index contributed by atoms with van der Waals surface area (Å²) in [6.45, 7) is -0.644. The van der Waals surface area contributed by atoms with Crippen LogP contribution in [0.3, 0.4) is 0 Å². The average Bonchev–Trinajstić information content (AvgIpc) is 2.61. The maximum Gasteiger partial charge on any atom is 0.416 e. The van der Waals surface area contributed by atoms with Crippen molar-refractivity contribution >= 4 is 17.6 Å². The van der Waals surface area contributed by atoms with Gasteiger partial charge in [-0.25, -0.2) is 4.79 Å². The number of halogens is 3. The Bertz CT molecular complexity index is 840. The molecular weight excluding hydrogens is 349 g/mol. The van der Waals surface area contributed by atoms with Crippen molar-refractivity contribution in [2.45, 2.75) is 12.6 Å². The van der Waals surface area contributed by atoms with Gasteiger partial charge in [-0.1, -0.05) is 18.2 Å². The fourth-order valence-corrected chi connectivity index (χ4v) is 2.03. The molecule has 2 aromatic carbocycles. The molecule has 0 aliphatic carbocycles. The summed E-state index contributed by atoms with van der Waals surface area (Å²) in [4.78, 5) is 23.6. The predicted octanol–water partition coefficient (Wildman–Crippen LogP) is 3.57. The predicted molar refractivity (Wildman–Crippen MR) is 86.1 cm³/mol. The quantitative estimate of drug-likeness (QED) is 0.825. The molecule has 0 aromatic heterocycles. The zero-order valence-corrected chi connectivity index (χ0v) is 13.3. The zero-order chi connectivity index (χ0) is 19.2. The highest BCUT2D eigenvalue weighted by atomic mass is 19.4. The third-order valence-electron chi connectivity index (χ3n) is 3.28. The molecule has 0 bridgehead atoms. The Kier molecular flexibility index (Phi) is 5.96. The van der Waals surface area contributed by atoms with Crippen LogP contribution in [-0.4, -0.2) is 18.5 Å². The highest BCUT2D eigenvalue weighted by molar-refractivity contribution is 5.95. The average molecular weight is 362 g/mol. The number of esters is 1. The summed E-state index contributed by atoms with van der Waals surface area (Å²) in [5, 5.41) is 11.1. The van der Waals surface area contributed by atoms with Gasteiger partial charge in [-0.05, 0) is 35.9 Å². The second-order valence-electron chi connectivity index (χ2n) is 5.23. The molecule has 0 saturated heterocycles. The molecule has 1 N–H and O–H groups in total. The molecule has 0 atom stereocenters. The number of nitrogens with one attached hydrogen (secondary N) is 1. The topological polar surface area (TPSA) is 79.2 Å². The number of carbonyl (C=O) groups excluding carboxylic acids is 2. The highest BCUT2D eigenvalue weighted by Gasteiger charge is 2.31. The number of rotatable bonds is 5. The molecule has 0 fully saturated rings. The van der Waals surface area contributed by atoms with Crippen LogP contribution in [0.2, 0.25) is 0 Å². The first-order valence-corrected chi connectivity index (χ1v) is 7.39. The lowest BCUT2D eigenvalue weighted by Gasteiger charge is -2.09. The molecule has 8 heteroatoms. The molecule has 2 rings (SSSR count). The van der Waals surface area contributed by atoms with Crippen molar-refractivity contribution in [1.82, 2.24) is 0 Å². The van der Waals surface area contributed by atoms with Gasteiger partial charge < -0.3 is 10.1 Å². The number of anilines is 1. The Morgan fingerprint density at radius 2 is 1.81 bits per heavy atom. The van der Waals surface area contributed by atoms with Crippen LogP contribution in [0.15, 0.2) is 48.5 Å².